The van der Waals surface area contributed by atoms with E-state index in [0.29, 0.717) is 11.8 Å². The van der Waals surface area contributed by atoms with Gasteiger partial charge in [0.15, 0.2) is 5.78 Å². The highest BCUT2D eigenvalue weighted by Gasteiger charge is 2.56. The fourth-order valence-corrected chi connectivity index (χ4v) is 5.85. The van der Waals surface area contributed by atoms with Crippen LogP contribution in [-0.2, 0) is 4.79 Å². The van der Waals surface area contributed by atoms with Crippen LogP contribution in [0.1, 0.15) is 135 Å². The first-order chi connectivity index (χ1) is 15.4. The molecule has 0 aliphatic rings. The SMILES string of the molecule is CCC(C)(C)CC=CC(C)(CC)C(C)(C)CC(C)(CC)C(C)(O)C(=O)C(C)(C)CC(C)(C)C(S)S. The summed E-state index contributed by atoms with van der Waals surface area (Å²) in [5.41, 5.74) is -2.84. The average molecular weight is 529 g/mol. The Bertz CT molecular complexity index is 730. The number of rotatable bonds is 15. The number of hydrogen-bond donors (Lipinski definition) is 3. The van der Waals surface area contributed by atoms with Gasteiger partial charge in [-0.05, 0) is 60.7 Å². The minimum absolute atomic E-state index is 0.0465. The van der Waals surface area contributed by atoms with E-state index in [0.717, 1.165) is 32.1 Å². The molecule has 3 atom stereocenters. The van der Waals surface area contributed by atoms with Crippen LogP contribution in [0.5, 0.6) is 0 Å². The van der Waals surface area contributed by atoms with Gasteiger partial charge in [-0.25, -0.2) is 0 Å². The maximum Gasteiger partial charge on any atom is 0.170 e. The molecule has 35 heavy (non-hydrogen) atoms. The molecular formula is C31H60O2S2. The first-order valence-electron chi connectivity index (χ1n) is 13.7. The monoisotopic (exact) mass is 528 g/mol. The normalized spacial score (nSPS) is 19.5. The number of allylic oxidation sites excluding steroid dienone is 2. The largest absolute Gasteiger partial charge is 0.382 e. The lowest BCUT2D eigenvalue weighted by atomic mass is 9.53. The first-order valence-corrected chi connectivity index (χ1v) is 14.7. The second kappa shape index (κ2) is 11.9. The Hall–Kier alpha value is 0.0700. The Labute approximate surface area is 230 Å². The van der Waals surface area contributed by atoms with E-state index >= 15 is 0 Å². The number of thiol groups is 2. The van der Waals surface area contributed by atoms with Gasteiger partial charge >= 0.3 is 0 Å². The molecule has 0 spiro atoms. The second-order valence-corrected chi connectivity index (χ2v) is 16.1. The number of carbonyl (C=O) groups is 1. The summed E-state index contributed by atoms with van der Waals surface area (Å²) < 4.78 is -0.147. The molecule has 0 bridgehead atoms. The van der Waals surface area contributed by atoms with Crippen LogP contribution in [-0.4, -0.2) is 21.1 Å². The fourth-order valence-electron chi connectivity index (χ4n) is 5.67. The van der Waals surface area contributed by atoms with Crippen molar-refractivity contribution in [3.8, 4) is 0 Å². The van der Waals surface area contributed by atoms with E-state index < -0.39 is 16.4 Å². The number of hydrogen-bond acceptors (Lipinski definition) is 4. The van der Waals surface area contributed by atoms with Gasteiger partial charge in [-0.2, -0.15) is 25.3 Å². The summed E-state index contributed by atoms with van der Waals surface area (Å²) in [4.78, 5) is 14.0. The van der Waals surface area contributed by atoms with Gasteiger partial charge in [-0.1, -0.05) is 109 Å². The minimum Gasteiger partial charge on any atom is -0.382 e. The van der Waals surface area contributed by atoms with Crippen LogP contribution >= 0.6 is 25.3 Å². The van der Waals surface area contributed by atoms with E-state index in [4.69, 9.17) is 0 Å². The van der Waals surface area contributed by atoms with Crippen LogP contribution in [0.4, 0.5) is 0 Å². The molecule has 0 saturated heterocycles. The summed E-state index contributed by atoms with van der Waals surface area (Å²) in [6, 6.07) is 0. The Morgan fingerprint density at radius 1 is 0.800 bits per heavy atom. The maximum absolute atomic E-state index is 14.0. The highest BCUT2D eigenvalue weighted by Crippen LogP contribution is 2.55. The maximum atomic E-state index is 14.0. The van der Waals surface area contributed by atoms with E-state index in [1.807, 2.05) is 13.8 Å². The Morgan fingerprint density at radius 2 is 1.29 bits per heavy atom. The van der Waals surface area contributed by atoms with Gasteiger partial charge in [-0.3, -0.25) is 4.79 Å². The van der Waals surface area contributed by atoms with Crippen molar-refractivity contribution in [1.82, 2.24) is 0 Å². The molecule has 0 aliphatic heterocycles. The third kappa shape index (κ3) is 8.28. The zero-order valence-electron chi connectivity index (χ0n) is 25.7. The Morgan fingerprint density at radius 3 is 1.66 bits per heavy atom. The summed E-state index contributed by atoms with van der Waals surface area (Å²) in [5, 5.41) is 12.0. The molecule has 1 N–H and O–H groups in total. The van der Waals surface area contributed by atoms with Crippen molar-refractivity contribution < 1.29 is 9.90 Å². The molecule has 0 fully saturated rings. The van der Waals surface area contributed by atoms with E-state index in [2.05, 4.69) is 114 Å². The molecule has 0 aromatic heterocycles. The number of aliphatic hydroxyl groups is 1. The molecule has 0 aliphatic carbocycles. The third-order valence-corrected chi connectivity index (χ3v) is 11.2. The predicted octanol–water partition coefficient (Wildman–Crippen LogP) is 9.57. The van der Waals surface area contributed by atoms with Gasteiger partial charge in [0.1, 0.15) is 5.60 Å². The van der Waals surface area contributed by atoms with Crippen molar-refractivity contribution in [2.45, 2.75) is 146 Å². The summed E-state index contributed by atoms with van der Waals surface area (Å²) in [5.74, 6) is -0.0843. The van der Waals surface area contributed by atoms with E-state index in [-0.39, 0.29) is 26.6 Å². The fraction of sp³-hybridized carbons (Fsp3) is 0.903. The van der Waals surface area contributed by atoms with Gasteiger partial charge in [0, 0.05) is 15.4 Å². The molecular weight excluding hydrogens is 468 g/mol. The topological polar surface area (TPSA) is 37.3 Å². The molecule has 208 valence electrons. The molecule has 0 rings (SSSR count). The van der Waals surface area contributed by atoms with Gasteiger partial charge in [0.05, 0.1) is 0 Å². The van der Waals surface area contributed by atoms with Crippen molar-refractivity contribution in [1.29, 1.82) is 0 Å². The Kier molecular flexibility index (Phi) is 11.9. The van der Waals surface area contributed by atoms with E-state index in [1.54, 1.807) is 6.92 Å². The molecule has 4 heteroatoms. The van der Waals surface area contributed by atoms with E-state index in [9.17, 15) is 9.90 Å². The van der Waals surface area contributed by atoms with Crippen LogP contribution in [0.2, 0.25) is 0 Å². The average Bonchev–Trinajstić information content (AvgIpc) is 2.71. The van der Waals surface area contributed by atoms with Gasteiger partial charge < -0.3 is 5.11 Å². The second-order valence-electron chi connectivity index (χ2n) is 14.7. The van der Waals surface area contributed by atoms with Crippen LogP contribution in [0.25, 0.3) is 0 Å². The molecule has 0 saturated carbocycles. The molecule has 0 aromatic rings. The summed E-state index contributed by atoms with van der Waals surface area (Å²) >= 11 is 9.08. The molecule has 0 amide bonds. The lowest BCUT2D eigenvalue weighted by Crippen LogP contribution is -2.57. The lowest BCUT2D eigenvalue weighted by molar-refractivity contribution is -0.166. The Balaban J connectivity index is 6.18. The first kappa shape index (κ1) is 35.1. The highest BCUT2D eigenvalue weighted by atomic mass is 32.2. The number of carbonyl (C=O) groups excluding carboxylic acids is 1. The number of ketones is 1. The summed E-state index contributed by atoms with van der Waals surface area (Å²) in [6.45, 7) is 30.1. The van der Waals surface area contributed by atoms with Crippen molar-refractivity contribution in [2.75, 3.05) is 0 Å². The minimum atomic E-state index is -1.45. The van der Waals surface area contributed by atoms with Crippen molar-refractivity contribution in [3.05, 3.63) is 12.2 Å². The third-order valence-electron chi connectivity index (χ3n) is 9.83. The molecule has 0 heterocycles. The number of Topliss-reactive ketones (excluding diaryl/α,β-unsaturated/α-hetero) is 1. The van der Waals surface area contributed by atoms with Crippen molar-refractivity contribution in [3.63, 3.8) is 0 Å². The quantitative estimate of drug-likeness (QED) is 0.112. The van der Waals surface area contributed by atoms with Gasteiger partial charge in [-0.15, -0.1) is 0 Å². The van der Waals surface area contributed by atoms with E-state index in [1.165, 1.54) is 0 Å². The molecule has 3 unspecified atom stereocenters. The molecule has 0 radical (unpaired) electrons. The molecule has 0 aromatic carbocycles. The van der Waals surface area contributed by atoms with Gasteiger partial charge in [0.2, 0.25) is 0 Å². The zero-order valence-corrected chi connectivity index (χ0v) is 27.5. The van der Waals surface area contributed by atoms with Crippen LogP contribution < -0.4 is 0 Å². The van der Waals surface area contributed by atoms with Crippen LogP contribution in [0.15, 0.2) is 12.2 Å². The summed E-state index contributed by atoms with van der Waals surface area (Å²) in [6.07, 6.45) is 10.1. The predicted molar refractivity (Wildman–Crippen MR) is 163 cm³/mol. The van der Waals surface area contributed by atoms with Crippen molar-refractivity contribution in [2.24, 2.45) is 32.5 Å². The summed E-state index contributed by atoms with van der Waals surface area (Å²) in [7, 11) is 0. The van der Waals surface area contributed by atoms with Gasteiger partial charge in [0.25, 0.3) is 0 Å². The lowest BCUT2D eigenvalue weighted by Gasteiger charge is -2.52. The van der Waals surface area contributed by atoms with Crippen LogP contribution in [0, 0.1) is 32.5 Å². The molecule has 2 nitrogen and oxygen atoms in total. The zero-order chi connectivity index (χ0) is 28.3. The van der Waals surface area contributed by atoms with Crippen LogP contribution in [0.3, 0.4) is 0 Å². The van der Waals surface area contributed by atoms with Crippen molar-refractivity contribution >= 4 is 31.0 Å². The highest BCUT2D eigenvalue weighted by molar-refractivity contribution is 7.99. The standard InChI is InChI=1S/C31H60O2S2/c1-15-25(4,5)19-18-20-29(12,16-2)28(10,11)22-30(13,17-3)31(14,33)23(32)26(6,7)21-27(8,9)24(34)35/h18,20,24,33-35H,15-17,19,21-22H2,1-14H3. The smallest absolute Gasteiger partial charge is 0.170 e.